The molecule has 2 aliphatic rings. The normalized spacial score (nSPS) is 15.1. The highest BCUT2D eigenvalue weighted by atomic mass is 16.7. The first-order valence-electron chi connectivity index (χ1n) is 8.66. The zero-order chi connectivity index (χ0) is 19.8. The Morgan fingerprint density at radius 3 is 2.36 bits per heavy atom. The summed E-state index contributed by atoms with van der Waals surface area (Å²) in [5.41, 5.74) is 1.17. The zero-order valence-corrected chi connectivity index (χ0v) is 15.0. The van der Waals surface area contributed by atoms with Gasteiger partial charge in [0, 0.05) is 30.0 Å². The quantitative estimate of drug-likeness (QED) is 0.646. The summed E-state index contributed by atoms with van der Waals surface area (Å²) < 4.78 is 10.6. The van der Waals surface area contributed by atoms with Gasteiger partial charge in [-0.1, -0.05) is 6.07 Å². The summed E-state index contributed by atoms with van der Waals surface area (Å²) >= 11 is 0. The van der Waals surface area contributed by atoms with Crippen LogP contribution < -0.4 is 19.7 Å². The van der Waals surface area contributed by atoms with Crippen molar-refractivity contribution < 1.29 is 28.7 Å². The first kappa shape index (κ1) is 17.7. The summed E-state index contributed by atoms with van der Waals surface area (Å²) in [5, 5.41) is 2.69. The van der Waals surface area contributed by atoms with Crippen LogP contribution in [0.25, 0.3) is 0 Å². The summed E-state index contributed by atoms with van der Waals surface area (Å²) in [4.78, 5) is 49.6. The molecule has 28 heavy (non-hydrogen) atoms. The van der Waals surface area contributed by atoms with Crippen LogP contribution >= 0.6 is 0 Å². The molecule has 0 aliphatic carbocycles. The Bertz CT molecular complexity index is 1010. The molecular weight excluding hydrogens is 364 g/mol. The Hall–Kier alpha value is -3.68. The van der Waals surface area contributed by atoms with E-state index in [4.69, 9.17) is 9.47 Å². The van der Waals surface area contributed by atoms with Gasteiger partial charge in [0.05, 0.1) is 11.4 Å². The number of Topliss-reactive ketones (excluding diaryl/α,β-unsaturated/α-hetero) is 1. The van der Waals surface area contributed by atoms with Crippen LogP contribution in [0.3, 0.4) is 0 Å². The molecule has 0 bridgehead atoms. The average molecular weight is 380 g/mol. The Balaban J connectivity index is 1.63. The number of carbonyl (C=O) groups excluding carboxylic acids is 4. The van der Waals surface area contributed by atoms with Gasteiger partial charge in [-0.15, -0.1) is 0 Å². The number of nitrogens with one attached hydrogen (secondary N) is 1. The van der Waals surface area contributed by atoms with Crippen molar-refractivity contribution in [1.29, 1.82) is 0 Å². The maximum Gasteiger partial charge on any atom is 0.255 e. The number of nitrogens with zero attached hydrogens (tertiary/aromatic N) is 1. The number of fused-ring (bicyclic) bond motifs is 1. The molecule has 2 aromatic carbocycles. The van der Waals surface area contributed by atoms with Crippen molar-refractivity contribution in [3.63, 3.8) is 0 Å². The largest absolute Gasteiger partial charge is 0.454 e. The fourth-order valence-electron chi connectivity index (χ4n) is 3.18. The van der Waals surface area contributed by atoms with Gasteiger partial charge in [0.25, 0.3) is 5.91 Å². The number of hydrogen-bond donors (Lipinski definition) is 1. The molecule has 1 N–H and O–H groups in total. The number of amides is 3. The van der Waals surface area contributed by atoms with Crippen LogP contribution in [0.15, 0.2) is 36.4 Å². The highest BCUT2D eigenvalue weighted by Crippen LogP contribution is 2.37. The van der Waals surface area contributed by atoms with E-state index in [0.717, 1.165) is 4.90 Å². The highest BCUT2D eigenvalue weighted by molar-refractivity contribution is 6.20. The molecule has 0 spiro atoms. The molecule has 0 atom stereocenters. The van der Waals surface area contributed by atoms with Crippen molar-refractivity contribution in [1.82, 2.24) is 0 Å². The van der Waals surface area contributed by atoms with Crippen molar-refractivity contribution in [3.05, 3.63) is 47.5 Å². The molecule has 0 aromatic heterocycles. The van der Waals surface area contributed by atoms with Crippen LogP contribution in [0, 0.1) is 0 Å². The predicted octanol–water partition coefficient (Wildman–Crippen LogP) is 2.52. The lowest BCUT2D eigenvalue weighted by atomic mass is 10.1. The lowest BCUT2D eigenvalue weighted by Gasteiger charge is -2.15. The minimum absolute atomic E-state index is 0.0456. The van der Waals surface area contributed by atoms with Gasteiger partial charge < -0.3 is 14.8 Å². The van der Waals surface area contributed by atoms with E-state index in [1.165, 1.54) is 25.1 Å². The van der Waals surface area contributed by atoms with E-state index in [9.17, 15) is 19.2 Å². The molecule has 0 unspecified atom stereocenters. The van der Waals surface area contributed by atoms with E-state index in [-0.39, 0.29) is 42.8 Å². The van der Waals surface area contributed by atoms with E-state index in [1.54, 1.807) is 18.2 Å². The minimum Gasteiger partial charge on any atom is -0.454 e. The monoisotopic (exact) mass is 380 g/mol. The Morgan fingerprint density at radius 2 is 1.68 bits per heavy atom. The second kappa shape index (κ2) is 6.80. The molecule has 4 rings (SSSR count). The van der Waals surface area contributed by atoms with E-state index in [2.05, 4.69) is 5.32 Å². The standard InChI is InChI=1S/C20H16N2O6/c1-11(23)14-8-16-17(28-10-27-16)9-15(14)21-20(26)12-3-2-4-13(7-12)22-18(24)5-6-19(22)25/h2-4,7-9H,5-6,10H2,1H3,(H,21,26). The maximum atomic E-state index is 12.7. The topological polar surface area (TPSA) is 102 Å². The lowest BCUT2D eigenvalue weighted by Crippen LogP contribution is -2.28. The van der Waals surface area contributed by atoms with E-state index >= 15 is 0 Å². The fourth-order valence-corrected chi connectivity index (χ4v) is 3.18. The van der Waals surface area contributed by atoms with Gasteiger partial charge in [-0.2, -0.15) is 0 Å². The van der Waals surface area contributed by atoms with E-state index < -0.39 is 5.91 Å². The van der Waals surface area contributed by atoms with E-state index in [0.29, 0.717) is 28.4 Å². The molecule has 2 aliphatic heterocycles. The van der Waals surface area contributed by atoms with Crippen molar-refractivity contribution in [3.8, 4) is 11.5 Å². The zero-order valence-electron chi connectivity index (χ0n) is 15.0. The van der Waals surface area contributed by atoms with Crippen LogP contribution in [0.4, 0.5) is 11.4 Å². The molecule has 8 heteroatoms. The third kappa shape index (κ3) is 3.09. The van der Waals surface area contributed by atoms with Crippen molar-refractivity contribution in [2.45, 2.75) is 19.8 Å². The number of benzene rings is 2. The van der Waals surface area contributed by atoms with Gasteiger partial charge in [0.1, 0.15) is 0 Å². The molecule has 1 fully saturated rings. The summed E-state index contributed by atoms with van der Waals surface area (Å²) in [7, 11) is 0. The summed E-state index contributed by atoms with van der Waals surface area (Å²) in [6.07, 6.45) is 0.322. The molecule has 2 aromatic rings. The number of ketones is 1. The number of imide groups is 1. The van der Waals surface area contributed by atoms with Crippen molar-refractivity contribution in [2.75, 3.05) is 17.0 Å². The molecule has 142 valence electrons. The molecule has 8 nitrogen and oxygen atoms in total. The van der Waals surface area contributed by atoms with Gasteiger partial charge in [0.2, 0.25) is 18.6 Å². The van der Waals surface area contributed by atoms with Crippen LogP contribution in [0.1, 0.15) is 40.5 Å². The van der Waals surface area contributed by atoms with Crippen LogP contribution in [0.5, 0.6) is 11.5 Å². The average Bonchev–Trinajstić information content (AvgIpc) is 3.26. The van der Waals surface area contributed by atoms with Crippen molar-refractivity contribution >= 4 is 34.9 Å². The Labute approximate surface area is 160 Å². The molecule has 0 radical (unpaired) electrons. The number of carbonyl (C=O) groups is 4. The predicted molar refractivity (Wildman–Crippen MR) is 98.7 cm³/mol. The highest BCUT2D eigenvalue weighted by Gasteiger charge is 2.30. The first-order valence-corrected chi connectivity index (χ1v) is 8.66. The van der Waals surface area contributed by atoms with Crippen molar-refractivity contribution in [2.24, 2.45) is 0 Å². The van der Waals surface area contributed by atoms with E-state index in [1.807, 2.05) is 0 Å². The number of anilines is 2. The molecule has 0 saturated carbocycles. The molecule has 3 amide bonds. The minimum atomic E-state index is -0.484. The molecule has 1 saturated heterocycles. The lowest BCUT2D eigenvalue weighted by molar-refractivity contribution is -0.121. The summed E-state index contributed by atoms with van der Waals surface area (Å²) in [6, 6.07) is 9.28. The van der Waals surface area contributed by atoms with Gasteiger partial charge >= 0.3 is 0 Å². The Kier molecular flexibility index (Phi) is 4.31. The fraction of sp³-hybridized carbons (Fsp3) is 0.200. The van der Waals surface area contributed by atoms with Crippen LogP contribution in [-0.4, -0.2) is 30.3 Å². The number of ether oxygens (including phenoxy) is 2. The van der Waals surface area contributed by atoms with Gasteiger partial charge in [-0.3, -0.25) is 24.1 Å². The summed E-state index contributed by atoms with van der Waals surface area (Å²) in [5.74, 6) is -0.439. The first-order chi connectivity index (χ1) is 13.4. The Morgan fingerprint density at radius 1 is 1.00 bits per heavy atom. The number of rotatable bonds is 4. The SMILES string of the molecule is CC(=O)c1cc2c(cc1NC(=O)c1cccc(N3C(=O)CCC3=O)c1)OCO2. The smallest absolute Gasteiger partial charge is 0.255 e. The van der Waals surface area contributed by atoms with Gasteiger partial charge in [-0.25, -0.2) is 0 Å². The second-order valence-electron chi connectivity index (χ2n) is 6.43. The van der Waals surface area contributed by atoms with Crippen LogP contribution in [0.2, 0.25) is 0 Å². The third-order valence-electron chi connectivity index (χ3n) is 4.56. The number of hydrogen-bond acceptors (Lipinski definition) is 6. The summed E-state index contributed by atoms with van der Waals surface area (Å²) in [6.45, 7) is 1.43. The second-order valence-corrected chi connectivity index (χ2v) is 6.43. The molecule has 2 heterocycles. The third-order valence-corrected chi connectivity index (χ3v) is 4.56. The van der Waals surface area contributed by atoms with Gasteiger partial charge in [0.15, 0.2) is 17.3 Å². The molecular formula is C20H16N2O6. The van der Waals surface area contributed by atoms with Gasteiger partial charge in [-0.05, 0) is 31.2 Å². The maximum absolute atomic E-state index is 12.7. The van der Waals surface area contributed by atoms with Crippen LogP contribution in [-0.2, 0) is 9.59 Å².